The molecule has 0 bridgehead atoms. The molecule has 8 nitrogen and oxygen atoms in total. The molecule has 2 aromatic rings. The molecule has 0 N–H and O–H groups in total. The molecule has 0 aliphatic carbocycles. The molecule has 0 aliphatic heterocycles. The van der Waals surface area contributed by atoms with Crippen molar-refractivity contribution in [1.82, 2.24) is 0 Å². The lowest BCUT2D eigenvalue weighted by Gasteiger charge is -2.06. The highest BCUT2D eigenvalue weighted by molar-refractivity contribution is 5.89. The molecular formula is C15H11NO7. The van der Waals surface area contributed by atoms with Gasteiger partial charge in [-0.1, -0.05) is 18.2 Å². The Hall–Kier alpha value is -3.42. The van der Waals surface area contributed by atoms with Crippen LogP contribution >= 0.6 is 0 Å². The minimum atomic E-state index is -1.10. The molecule has 23 heavy (non-hydrogen) atoms. The molecule has 0 heterocycles. The number of carbonyl (C=O) groups is 2. The summed E-state index contributed by atoms with van der Waals surface area (Å²) in [6.07, 6.45) is -1.10. The topological polar surface area (TPSA) is 105 Å². The number of hydrogen-bond donors (Lipinski definition) is 0. The fourth-order valence-corrected chi connectivity index (χ4v) is 1.55. The summed E-state index contributed by atoms with van der Waals surface area (Å²) in [4.78, 5) is 32.9. The maximum atomic E-state index is 11.6. The highest BCUT2D eigenvalue weighted by atomic mass is 16.8. The van der Waals surface area contributed by atoms with Crippen molar-refractivity contribution >= 4 is 17.8 Å². The van der Waals surface area contributed by atoms with Crippen molar-refractivity contribution in [1.29, 1.82) is 0 Å². The number of nitro benzene ring substituents is 1. The summed E-state index contributed by atoms with van der Waals surface area (Å²) in [5.74, 6) is -0.580. The molecule has 0 atom stereocenters. The average Bonchev–Trinajstić information content (AvgIpc) is 2.56. The standard InChI is InChI=1S/C15H11NO7/c17-14(11-4-2-1-3-5-11)21-10-22-15(18)23-13-8-6-12(7-9-13)16(19)20/h1-9H,10H2. The van der Waals surface area contributed by atoms with E-state index >= 15 is 0 Å². The van der Waals surface area contributed by atoms with E-state index < -0.39 is 23.8 Å². The predicted octanol–water partition coefficient (Wildman–Crippen LogP) is 2.92. The summed E-state index contributed by atoms with van der Waals surface area (Å²) < 4.78 is 14.1. The van der Waals surface area contributed by atoms with Crippen LogP contribution in [0.5, 0.6) is 5.75 Å². The maximum Gasteiger partial charge on any atom is 0.516 e. The first-order valence-electron chi connectivity index (χ1n) is 6.37. The smallest absolute Gasteiger partial charge is 0.424 e. The van der Waals surface area contributed by atoms with Crippen LogP contribution in [0.25, 0.3) is 0 Å². The number of rotatable bonds is 5. The molecule has 2 rings (SSSR count). The number of non-ortho nitro benzene ring substituents is 1. The van der Waals surface area contributed by atoms with Crippen LogP contribution in [0, 0.1) is 10.1 Å². The first-order chi connectivity index (χ1) is 11.1. The Bertz CT molecular complexity index is 698. The van der Waals surface area contributed by atoms with Gasteiger partial charge < -0.3 is 14.2 Å². The van der Waals surface area contributed by atoms with Crippen molar-refractivity contribution in [2.45, 2.75) is 0 Å². The van der Waals surface area contributed by atoms with E-state index in [1.807, 2.05) is 0 Å². The summed E-state index contributed by atoms with van der Waals surface area (Å²) >= 11 is 0. The van der Waals surface area contributed by atoms with Crippen molar-refractivity contribution in [3.8, 4) is 5.75 Å². The molecule has 2 aromatic carbocycles. The van der Waals surface area contributed by atoms with Crippen molar-refractivity contribution in [2.24, 2.45) is 0 Å². The minimum Gasteiger partial charge on any atom is -0.424 e. The molecule has 0 amide bonds. The number of ether oxygens (including phenoxy) is 3. The zero-order chi connectivity index (χ0) is 16.7. The first kappa shape index (κ1) is 16.0. The van der Waals surface area contributed by atoms with Gasteiger partial charge in [-0.2, -0.15) is 0 Å². The fourth-order valence-electron chi connectivity index (χ4n) is 1.55. The van der Waals surface area contributed by atoms with Crippen LogP contribution in [0.15, 0.2) is 54.6 Å². The van der Waals surface area contributed by atoms with Crippen LogP contribution in [0.1, 0.15) is 10.4 Å². The lowest BCUT2D eigenvalue weighted by molar-refractivity contribution is -0.384. The summed E-state index contributed by atoms with van der Waals surface area (Å²) in [7, 11) is 0. The van der Waals surface area contributed by atoms with E-state index in [0.29, 0.717) is 5.56 Å². The zero-order valence-corrected chi connectivity index (χ0v) is 11.7. The van der Waals surface area contributed by atoms with Gasteiger partial charge in [-0.15, -0.1) is 0 Å². The van der Waals surface area contributed by atoms with E-state index in [4.69, 9.17) is 9.47 Å². The third-order valence-corrected chi connectivity index (χ3v) is 2.63. The quantitative estimate of drug-likeness (QED) is 0.274. The van der Waals surface area contributed by atoms with E-state index in [1.165, 1.54) is 24.3 Å². The molecule has 118 valence electrons. The average molecular weight is 317 g/mol. The summed E-state index contributed by atoms with van der Waals surface area (Å²) in [5, 5.41) is 10.5. The molecule has 0 aromatic heterocycles. The van der Waals surface area contributed by atoms with Gasteiger partial charge in [0.05, 0.1) is 10.5 Å². The molecule has 0 radical (unpaired) electrons. The molecule has 0 saturated carbocycles. The van der Waals surface area contributed by atoms with Gasteiger partial charge in [-0.3, -0.25) is 10.1 Å². The van der Waals surface area contributed by atoms with Crippen LogP contribution in [0.3, 0.4) is 0 Å². The van der Waals surface area contributed by atoms with Crippen LogP contribution in [0.2, 0.25) is 0 Å². The monoisotopic (exact) mass is 317 g/mol. The first-order valence-corrected chi connectivity index (χ1v) is 6.37. The number of hydrogen-bond acceptors (Lipinski definition) is 7. The Balaban J connectivity index is 1.77. The summed E-state index contributed by atoms with van der Waals surface area (Å²) in [5.41, 5.74) is 0.183. The number of carbonyl (C=O) groups excluding carboxylic acids is 2. The molecular weight excluding hydrogens is 306 g/mol. The third-order valence-electron chi connectivity index (χ3n) is 2.63. The van der Waals surface area contributed by atoms with Crippen molar-refractivity contribution in [2.75, 3.05) is 6.79 Å². The number of benzene rings is 2. The van der Waals surface area contributed by atoms with Crippen LogP contribution in [-0.2, 0) is 9.47 Å². The van der Waals surface area contributed by atoms with Gasteiger partial charge in [0.25, 0.3) is 5.69 Å². The van der Waals surface area contributed by atoms with Crippen molar-refractivity contribution in [3.05, 3.63) is 70.3 Å². The van der Waals surface area contributed by atoms with Gasteiger partial charge in [0, 0.05) is 12.1 Å². The largest absolute Gasteiger partial charge is 0.516 e. The van der Waals surface area contributed by atoms with Crippen molar-refractivity contribution in [3.63, 3.8) is 0 Å². The summed E-state index contributed by atoms with van der Waals surface area (Å²) in [6, 6.07) is 13.0. The van der Waals surface area contributed by atoms with Crippen molar-refractivity contribution < 1.29 is 28.7 Å². The minimum absolute atomic E-state index is 0.0648. The van der Waals surface area contributed by atoms with Gasteiger partial charge in [0.2, 0.25) is 6.79 Å². The Morgan fingerprint density at radius 3 is 2.22 bits per heavy atom. The van der Waals surface area contributed by atoms with E-state index in [9.17, 15) is 19.7 Å². The van der Waals surface area contributed by atoms with E-state index in [2.05, 4.69) is 4.74 Å². The SMILES string of the molecule is O=C(OCOC(=O)c1ccccc1)Oc1ccc([N+](=O)[O-])cc1. The Labute approximate surface area is 130 Å². The van der Waals surface area contributed by atoms with Gasteiger partial charge in [-0.05, 0) is 24.3 Å². The maximum absolute atomic E-state index is 11.6. The molecule has 8 heteroatoms. The second kappa shape index (κ2) is 7.55. The molecule has 0 aliphatic rings. The van der Waals surface area contributed by atoms with Gasteiger partial charge in [0.15, 0.2) is 0 Å². The second-order valence-corrected chi connectivity index (χ2v) is 4.16. The second-order valence-electron chi connectivity index (χ2n) is 4.16. The van der Waals surface area contributed by atoms with Crippen LogP contribution < -0.4 is 4.74 Å². The molecule has 0 spiro atoms. The highest BCUT2D eigenvalue weighted by Gasteiger charge is 2.11. The molecule has 0 fully saturated rings. The Morgan fingerprint density at radius 1 is 0.957 bits per heavy atom. The third kappa shape index (κ3) is 4.81. The highest BCUT2D eigenvalue weighted by Crippen LogP contribution is 2.17. The van der Waals surface area contributed by atoms with Gasteiger partial charge in [0.1, 0.15) is 5.75 Å². The molecule has 0 unspecified atom stereocenters. The van der Waals surface area contributed by atoms with Gasteiger partial charge in [-0.25, -0.2) is 9.59 Å². The normalized spacial score (nSPS) is 9.74. The number of nitro groups is 1. The lowest BCUT2D eigenvalue weighted by Crippen LogP contribution is -2.15. The van der Waals surface area contributed by atoms with Crippen LogP contribution in [0.4, 0.5) is 10.5 Å². The Morgan fingerprint density at radius 2 is 1.61 bits per heavy atom. The summed E-state index contributed by atoms with van der Waals surface area (Å²) in [6.45, 7) is -0.612. The predicted molar refractivity (Wildman–Crippen MR) is 76.9 cm³/mol. The zero-order valence-electron chi connectivity index (χ0n) is 11.7. The lowest BCUT2D eigenvalue weighted by atomic mass is 10.2. The van der Waals surface area contributed by atoms with E-state index in [-0.39, 0.29) is 11.4 Å². The van der Waals surface area contributed by atoms with Crippen LogP contribution in [-0.4, -0.2) is 23.8 Å². The fraction of sp³-hybridized carbons (Fsp3) is 0.0667. The van der Waals surface area contributed by atoms with E-state index in [1.54, 1.807) is 30.3 Å². The number of nitrogens with zero attached hydrogens (tertiary/aromatic N) is 1. The van der Waals surface area contributed by atoms with Gasteiger partial charge >= 0.3 is 12.1 Å². The Kier molecular flexibility index (Phi) is 5.24. The number of esters is 1. The van der Waals surface area contributed by atoms with E-state index in [0.717, 1.165) is 0 Å². The molecule has 0 saturated heterocycles.